The van der Waals surface area contributed by atoms with Crippen LogP contribution in [0.5, 0.6) is 0 Å². The fraction of sp³-hybridized carbons (Fsp3) is 0.545. The van der Waals surface area contributed by atoms with E-state index < -0.39 is 0 Å². The first kappa shape index (κ1) is 17.0. The molecule has 1 aliphatic carbocycles. The van der Waals surface area contributed by atoms with Gasteiger partial charge < -0.3 is 4.90 Å². The fourth-order valence-corrected chi connectivity index (χ4v) is 5.12. The molecule has 2 aliphatic heterocycles. The molecule has 27 heavy (non-hydrogen) atoms. The Morgan fingerprint density at radius 2 is 1.81 bits per heavy atom. The van der Waals surface area contributed by atoms with Gasteiger partial charge in [0.1, 0.15) is 0 Å². The Bertz CT molecular complexity index is 840. The lowest BCUT2D eigenvalue weighted by Crippen LogP contribution is -2.40. The van der Waals surface area contributed by atoms with Crippen LogP contribution in [-0.4, -0.2) is 51.2 Å². The van der Waals surface area contributed by atoms with Gasteiger partial charge in [0.05, 0.1) is 0 Å². The number of benzene rings is 1. The average Bonchev–Trinajstić information content (AvgIpc) is 3.44. The number of hydrogen-bond donors (Lipinski definition) is 0. The minimum absolute atomic E-state index is 0.146. The number of carbonyl (C=O) groups excluding carboxylic acids is 1. The zero-order chi connectivity index (χ0) is 18.4. The molecule has 1 aromatic carbocycles. The van der Waals surface area contributed by atoms with Gasteiger partial charge in [-0.25, -0.2) is 0 Å². The van der Waals surface area contributed by atoms with Crippen LogP contribution in [0, 0.1) is 0 Å². The van der Waals surface area contributed by atoms with E-state index in [2.05, 4.69) is 40.8 Å². The lowest BCUT2D eigenvalue weighted by Gasteiger charge is -2.33. The normalized spacial score (nSPS) is 20.1. The molecule has 5 heteroatoms. The van der Waals surface area contributed by atoms with E-state index >= 15 is 0 Å². The highest BCUT2D eigenvalue weighted by atomic mass is 16.2. The van der Waals surface area contributed by atoms with Crippen LogP contribution in [0.3, 0.4) is 0 Å². The molecule has 0 unspecified atom stereocenters. The van der Waals surface area contributed by atoms with Crippen molar-refractivity contribution in [2.45, 2.75) is 58.2 Å². The van der Waals surface area contributed by atoms with Crippen molar-refractivity contribution in [2.75, 3.05) is 19.6 Å². The molecule has 0 saturated carbocycles. The van der Waals surface area contributed by atoms with Crippen molar-refractivity contribution in [1.29, 1.82) is 0 Å². The number of nitrogens with zero attached hydrogens (tertiary/aromatic N) is 4. The van der Waals surface area contributed by atoms with Crippen molar-refractivity contribution in [2.24, 2.45) is 0 Å². The van der Waals surface area contributed by atoms with E-state index in [0.717, 1.165) is 64.8 Å². The Labute approximate surface area is 161 Å². The summed E-state index contributed by atoms with van der Waals surface area (Å²) in [5, 5.41) is 4.75. The highest BCUT2D eigenvalue weighted by molar-refractivity contribution is 5.94. The topological polar surface area (TPSA) is 41.4 Å². The minimum Gasteiger partial charge on any atom is -0.337 e. The second kappa shape index (κ2) is 6.79. The quantitative estimate of drug-likeness (QED) is 0.841. The van der Waals surface area contributed by atoms with Crippen molar-refractivity contribution < 1.29 is 4.79 Å². The SMILES string of the molecule is CCn1nc(C(=O)N2CCCC2)c2c1CCN(C1Cc3ccccc3C1)C2. The van der Waals surface area contributed by atoms with E-state index in [9.17, 15) is 4.79 Å². The number of amides is 1. The summed E-state index contributed by atoms with van der Waals surface area (Å²) < 4.78 is 2.07. The summed E-state index contributed by atoms with van der Waals surface area (Å²) in [5.74, 6) is 0.146. The molecular weight excluding hydrogens is 336 g/mol. The number of aryl methyl sites for hydroxylation is 1. The van der Waals surface area contributed by atoms with E-state index in [1.54, 1.807) is 0 Å². The number of likely N-dealkylation sites (tertiary alicyclic amines) is 1. The minimum atomic E-state index is 0.146. The van der Waals surface area contributed by atoms with Gasteiger partial charge in [0.25, 0.3) is 5.91 Å². The van der Waals surface area contributed by atoms with Gasteiger partial charge >= 0.3 is 0 Å². The molecule has 3 aliphatic rings. The highest BCUT2D eigenvalue weighted by Gasteiger charge is 2.34. The summed E-state index contributed by atoms with van der Waals surface area (Å²) in [6.07, 6.45) is 5.49. The molecule has 1 saturated heterocycles. The summed E-state index contributed by atoms with van der Waals surface area (Å²) >= 11 is 0. The second-order valence-electron chi connectivity index (χ2n) is 8.14. The zero-order valence-corrected chi connectivity index (χ0v) is 16.2. The molecule has 1 aromatic heterocycles. The van der Waals surface area contributed by atoms with Crippen LogP contribution in [0.25, 0.3) is 0 Å². The first-order chi connectivity index (χ1) is 13.2. The summed E-state index contributed by atoms with van der Waals surface area (Å²) in [6.45, 7) is 6.65. The van der Waals surface area contributed by atoms with Gasteiger partial charge in [-0.1, -0.05) is 24.3 Å². The van der Waals surface area contributed by atoms with Crippen LogP contribution in [0.1, 0.15) is 52.6 Å². The van der Waals surface area contributed by atoms with Crippen LogP contribution < -0.4 is 0 Å². The zero-order valence-electron chi connectivity index (χ0n) is 16.2. The smallest absolute Gasteiger partial charge is 0.274 e. The third kappa shape index (κ3) is 2.89. The Morgan fingerprint density at radius 3 is 2.48 bits per heavy atom. The molecule has 1 amide bonds. The Kier molecular flexibility index (Phi) is 4.27. The Hall–Kier alpha value is -2.14. The van der Waals surface area contributed by atoms with Crippen LogP contribution in [0.4, 0.5) is 0 Å². The maximum Gasteiger partial charge on any atom is 0.274 e. The van der Waals surface area contributed by atoms with E-state index in [-0.39, 0.29) is 5.91 Å². The maximum atomic E-state index is 13.1. The Morgan fingerprint density at radius 1 is 1.11 bits per heavy atom. The average molecular weight is 364 g/mol. The molecule has 1 fully saturated rings. The van der Waals surface area contributed by atoms with Gasteiger partial charge in [0, 0.05) is 56.4 Å². The Balaban J connectivity index is 1.41. The lowest BCUT2D eigenvalue weighted by molar-refractivity contribution is 0.0782. The molecular formula is C22H28N4O. The molecule has 3 heterocycles. The van der Waals surface area contributed by atoms with Gasteiger partial charge in [-0.15, -0.1) is 0 Å². The molecule has 2 aromatic rings. The van der Waals surface area contributed by atoms with E-state index in [4.69, 9.17) is 5.10 Å². The molecule has 0 radical (unpaired) electrons. The van der Waals surface area contributed by atoms with Gasteiger partial charge in [-0.3, -0.25) is 14.4 Å². The van der Waals surface area contributed by atoms with E-state index in [1.165, 1.54) is 22.4 Å². The number of hydrogen-bond acceptors (Lipinski definition) is 3. The van der Waals surface area contributed by atoms with Gasteiger partial charge in [0.15, 0.2) is 5.69 Å². The molecule has 5 nitrogen and oxygen atoms in total. The van der Waals surface area contributed by atoms with E-state index in [0.29, 0.717) is 11.7 Å². The third-order valence-electron chi connectivity index (χ3n) is 6.60. The molecule has 0 N–H and O–H groups in total. The molecule has 142 valence electrons. The van der Waals surface area contributed by atoms with Crippen LogP contribution in [-0.2, 0) is 32.4 Å². The van der Waals surface area contributed by atoms with Crippen LogP contribution >= 0.6 is 0 Å². The molecule has 0 spiro atoms. The van der Waals surface area contributed by atoms with Crippen molar-refractivity contribution in [3.05, 3.63) is 52.3 Å². The molecule has 5 rings (SSSR count). The number of rotatable bonds is 3. The number of fused-ring (bicyclic) bond motifs is 2. The summed E-state index contributed by atoms with van der Waals surface area (Å²) in [5.41, 5.74) is 6.17. The van der Waals surface area contributed by atoms with Gasteiger partial charge in [-0.05, 0) is 43.7 Å². The van der Waals surface area contributed by atoms with Crippen molar-refractivity contribution in [3.63, 3.8) is 0 Å². The standard InChI is InChI=1S/C22H28N4O/c1-2-26-20-9-12-25(18-13-16-7-3-4-8-17(16)14-18)15-19(20)21(23-26)22(27)24-10-5-6-11-24/h3-4,7-8,18H,2,5-6,9-15H2,1H3. The third-order valence-corrected chi connectivity index (χ3v) is 6.60. The predicted molar refractivity (Wildman–Crippen MR) is 105 cm³/mol. The van der Waals surface area contributed by atoms with E-state index in [1.807, 2.05) is 4.90 Å². The summed E-state index contributed by atoms with van der Waals surface area (Å²) in [7, 11) is 0. The van der Waals surface area contributed by atoms with Crippen molar-refractivity contribution in [1.82, 2.24) is 19.6 Å². The number of aromatic nitrogens is 2. The monoisotopic (exact) mass is 364 g/mol. The lowest BCUT2D eigenvalue weighted by atomic mass is 10.0. The van der Waals surface area contributed by atoms with Gasteiger partial charge in [0.2, 0.25) is 0 Å². The maximum absolute atomic E-state index is 13.1. The fourth-order valence-electron chi connectivity index (χ4n) is 5.12. The molecule has 0 bridgehead atoms. The first-order valence-electron chi connectivity index (χ1n) is 10.4. The van der Waals surface area contributed by atoms with Crippen molar-refractivity contribution >= 4 is 5.91 Å². The second-order valence-corrected chi connectivity index (χ2v) is 8.14. The largest absolute Gasteiger partial charge is 0.337 e. The van der Waals surface area contributed by atoms with Crippen molar-refractivity contribution in [3.8, 4) is 0 Å². The predicted octanol–water partition coefficient (Wildman–Crippen LogP) is 2.66. The highest BCUT2D eigenvalue weighted by Crippen LogP contribution is 2.31. The summed E-state index contributed by atoms with van der Waals surface area (Å²) in [4.78, 5) is 17.7. The van der Waals surface area contributed by atoms with Crippen LogP contribution in [0.2, 0.25) is 0 Å². The van der Waals surface area contributed by atoms with Crippen LogP contribution in [0.15, 0.2) is 24.3 Å². The number of carbonyl (C=O) groups is 1. The molecule has 0 atom stereocenters. The first-order valence-corrected chi connectivity index (χ1v) is 10.4. The van der Waals surface area contributed by atoms with Gasteiger partial charge in [-0.2, -0.15) is 5.10 Å². The summed E-state index contributed by atoms with van der Waals surface area (Å²) in [6, 6.07) is 9.38.